The van der Waals surface area contributed by atoms with Crippen LogP contribution in [0.25, 0.3) is 0 Å². The maximum Gasteiger partial charge on any atom is 0.128 e. The highest BCUT2D eigenvalue weighted by Gasteiger charge is 2.30. The van der Waals surface area contributed by atoms with Crippen LogP contribution in [0.2, 0.25) is 0 Å². The molecule has 0 saturated carbocycles. The van der Waals surface area contributed by atoms with E-state index in [1.165, 1.54) is 183 Å². The Balaban J connectivity index is 0. The van der Waals surface area contributed by atoms with Crippen molar-refractivity contribution in [2.45, 2.75) is 51.4 Å². The number of quaternary nitrogens is 7. The fourth-order valence-corrected chi connectivity index (χ4v) is 7.05. The lowest BCUT2D eigenvalue weighted by Gasteiger charge is -2.42. The number of piperazine rings is 3. The minimum absolute atomic E-state index is 0.938. The zero-order chi connectivity index (χ0) is 48.3. The van der Waals surface area contributed by atoms with E-state index in [2.05, 4.69) is 175 Å². The predicted octanol–water partition coefficient (Wildman–Crippen LogP) is 3.89. The summed E-state index contributed by atoms with van der Waals surface area (Å²) in [4.78, 5) is 9.38. The predicted molar refractivity (Wildman–Crippen MR) is 275 cm³/mol. The Morgan fingerprint density at radius 2 is 0.629 bits per heavy atom. The van der Waals surface area contributed by atoms with Gasteiger partial charge in [0.2, 0.25) is 0 Å². The van der Waals surface area contributed by atoms with Crippen molar-refractivity contribution >= 4 is 0 Å². The van der Waals surface area contributed by atoms with Crippen molar-refractivity contribution < 1.29 is 36.1 Å². The minimum atomic E-state index is 0.938. The highest BCUT2D eigenvalue weighted by Crippen LogP contribution is 2.10. The van der Waals surface area contributed by atoms with Crippen molar-refractivity contribution in [2.75, 3.05) is 286 Å². The fraction of sp³-hybridized carbons (Fsp3) is 1.00. The smallest absolute Gasteiger partial charge is 0.128 e. The molecule has 0 spiro atoms. The van der Waals surface area contributed by atoms with Gasteiger partial charge < -0.3 is 50.8 Å². The quantitative estimate of drug-likeness (QED) is 0.195. The summed E-state index contributed by atoms with van der Waals surface area (Å²) in [5.41, 5.74) is 0. The summed E-state index contributed by atoms with van der Waals surface area (Å²) in [7, 11) is 49.6. The Labute approximate surface area is 392 Å². The molecule has 376 valence electrons. The number of nitrogens with zero attached hydrogens (tertiary/aromatic N) is 11. The van der Waals surface area contributed by atoms with Gasteiger partial charge in [-0.25, -0.2) is 0 Å². The van der Waals surface area contributed by atoms with Crippen LogP contribution in [0.15, 0.2) is 0 Å². The lowest BCUT2D eigenvalue weighted by molar-refractivity contribution is -0.998. The van der Waals surface area contributed by atoms with Crippen LogP contribution in [0, 0.1) is 0 Å². The van der Waals surface area contributed by atoms with E-state index < -0.39 is 0 Å². The normalized spacial score (nSPS) is 21.5. The maximum absolute atomic E-state index is 5.19. The summed E-state index contributed by atoms with van der Waals surface area (Å²) in [5.74, 6) is 0. The van der Waals surface area contributed by atoms with Crippen LogP contribution < -0.4 is 0 Å². The molecule has 4 aliphatic rings. The highest BCUT2D eigenvalue weighted by molar-refractivity contribution is 4.64. The highest BCUT2D eigenvalue weighted by atomic mass is 16.5. The number of rotatable bonds is 14. The van der Waals surface area contributed by atoms with Gasteiger partial charge in [0.05, 0.1) is 166 Å². The van der Waals surface area contributed by atoms with Gasteiger partial charge in [0.25, 0.3) is 0 Å². The van der Waals surface area contributed by atoms with E-state index in [0.29, 0.717) is 0 Å². The van der Waals surface area contributed by atoms with Gasteiger partial charge in [-0.1, -0.05) is 6.42 Å². The summed E-state index contributed by atoms with van der Waals surface area (Å²) >= 11 is 0. The minimum Gasteiger partial charge on any atom is -0.370 e. The van der Waals surface area contributed by atoms with E-state index in [0.717, 1.165) is 31.1 Å². The third kappa shape index (κ3) is 46.1. The molecule has 0 N–H and O–H groups in total. The van der Waals surface area contributed by atoms with Gasteiger partial charge in [-0.3, -0.25) is 4.90 Å². The maximum atomic E-state index is 5.19. The zero-order valence-corrected chi connectivity index (χ0v) is 47.1. The van der Waals surface area contributed by atoms with Crippen molar-refractivity contribution in [3.05, 3.63) is 0 Å². The summed E-state index contributed by atoms with van der Waals surface area (Å²) < 4.78 is 13.3. The molecule has 12 heteroatoms. The van der Waals surface area contributed by atoms with E-state index in [1.54, 1.807) is 0 Å². The number of unbranched alkanes of at least 4 members (excludes halogenated alkanes) is 6. The Hall–Kier alpha value is -0.480. The number of ether oxygens (including phenoxy) is 1. The lowest BCUT2D eigenvalue weighted by Crippen LogP contribution is -2.60. The second kappa shape index (κ2) is 31.5. The van der Waals surface area contributed by atoms with Gasteiger partial charge in [0.15, 0.2) is 0 Å². The Bertz CT molecular complexity index is 979. The molecular formula is C50H122N11O+7. The second-order valence-electron chi connectivity index (χ2n) is 25.7. The molecule has 0 aliphatic carbocycles. The molecule has 0 unspecified atom stereocenters. The standard InChI is InChI=1S/C12H30N2.C11H27N2.C8H20N2.C7H17N2.C6H14N2.C6H14NO/c1-13(2,3)11-9-7-8-10-12-14(4,5)6;1-12(2)10-8-6-7-9-11-13(3,4)5;1-9(2)5-7-10(3,4)8-6-9;1-8-4-6-9(2,3)7-5-8;1-7-3-5-8(2)6-4-7;1-7(2)3-5-8-6-4-7/h7-12H2,1-6H3;6-11H2,1-5H3;5-8H2,1-4H3;4-7H2,1-3H3;2*3-6H2,1-2H3/q+2;+1;+2;+1;;+1. The third-order valence-electron chi connectivity index (χ3n) is 12.8. The van der Waals surface area contributed by atoms with Gasteiger partial charge in [-0.15, -0.1) is 0 Å². The first kappa shape index (κ1) is 63.6. The Morgan fingerprint density at radius 3 is 0.871 bits per heavy atom. The molecular weight excluding hydrogens is 771 g/mol. The van der Waals surface area contributed by atoms with Crippen LogP contribution in [0.4, 0.5) is 0 Å². The van der Waals surface area contributed by atoms with E-state index >= 15 is 0 Å². The average molecular weight is 894 g/mol. The van der Waals surface area contributed by atoms with Gasteiger partial charge in [-0.2, -0.15) is 0 Å². The molecule has 4 heterocycles. The Kier molecular flexibility index (Phi) is 32.3. The van der Waals surface area contributed by atoms with E-state index in [-0.39, 0.29) is 0 Å². The molecule has 0 amide bonds. The Morgan fingerprint density at radius 1 is 0.371 bits per heavy atom. The van der Waals surface area contributed by atoms with Crippen LogP contribution in [0.1, 0.15) is 51.4 Å². The molecule has 4 fully saturated rings. The van der Waals surface area contributed by atoms with Crippen molar-refractivity contribution in [3.63, 3.8) is 0 Å². The van der Waals surface area contributed by atoms with Gasteiger partial charge in [-0.05, 0) is 86.7 Å². The first-order valence-corrected chi connectivity index (χ1v) is 25.1. The topological polar surface area (TPSA) is 22.2 Å². The van der Waals surface area contributed by atoms with Crippen molar-refractivity contribution in [2.24, 2.45) is 0 Å². The zero-order valence-electron chi connectivity index (χ0n) is 47.1. The van der Waals surface area contributed by atoms with Crippen molar-refractivity contribution in [1.29, 1.82) is 0 Å². The molecule has 0 radical (unpaired) electrons. The molecule has 0 aromatic carbocycles. The number of hydrogen-bond acceptors (Lipinski definition) is 5. The first-order valence-electron chi connectivity index (χ1n) is 25.1. The lowest BCUT2D eigenvalue weighted by atomic mass is 10.1. The SMILES string of the molecule is CN(C)CCCCCC[N+](C)(C)C.CN1CCN(C)CC1.CN1CC[N+](C)(C)CC1.C[N+](C)(C)CCCCCC[N+](C)(C)C.C[N+]1(C)CCOCC1.C[N+]1(C)CC[N+](C)(C)CC1. The molecule has 0 aromatic rings. The second-order valence-corrected chi connectivity index (χ2v) is 25.7. The monoisotopic (exact) mass is 893 g/mol. The van der Waals surface area contributed by atoms with Crippen molar-refractivity contribution in [1.82, 2.24) is 19.6 Å². The molecule has 12 nitrogen and oxygen atoms in total. The molecule has 4 saturated heterocycles. The van der Waals surface area contributed by atoms with Gasteiger partial charge in [0.1, 0.15) is 39.3 Å². The molecule has 62 heavy (non-hydrogen) atoms. The van der Waals surface area contributed by atoms with Crippen LogP contribution >= 0.6 is 0 Å². The molecule has 4 aliphatic heterocycles. The molecule has 4 rings (SSSR count). The summed E-state index contributed by atoms with van der Waals surface area (Å²) in [6.07, 6.45) is 11.1. The average Bonchev–Trinajstić information content (AvgIpc) is 3.12. The third-order valence-corrected chi connectivity index (χ3v) is 12.8. The largest absolute Gasteiger partial charge is 0.370 e. The van der Waals surface area contributed by atoms with Crippen LogP contribution in [0.5, 0.6) is 0 Å². The molecule has 0 bridgehead atoms. The van der Waals surface area contributed by atoms with E-state index in [1.807, 2.05) is 0 Å². The van der Waals surface area contributed by atoms with Gasteiger partial charge in [0, 0.05) is 39.3 Å². The summed E-state index contributed by atoms with van der Waals surface area (Å²) in [6, 6.07) is 0. The number of hydrogen-bond donors (Lipinski definition) is 0. The van der Waals surface area contributed by atoms with Crippen molar-refractivity contribution in [3.8, 4) is 0 Å². The van der Waals surface area contributed by atoms with Gasteiger partial charge >= 0.3 is 0 Å². The number of likely N-dealkylation sites (N-methyl/N-ethyl adjacent to an activating group) is 7. The molecule has 0 aromatic heterocycles. The fourth-order valence-electron chi connectivity index (χ4n) is 7.05. The van der Waals surface area contributed by atoms with E-state index in [4.69, 9.17) is 4.74 Å². The summed E-state index contributed by atoms with van der Waals surface area (Å²) in [6.45, 7) is 24.7. The van der Waals surface area contributed by atoms with Crippen LogP contribution in [0.3, 0.4) is 0 Å². The van der Waals surface area contributed by atoms with Crippen LogP contribution in [-0.4, -0.2) is 337 Å². The molecule has 0 atom stereocenters. The summed E-state index contributed by atoms with van der Waals surface area (Å²) in [5, 5.41) is 0. The first-order chi connectivity index (χ1) is 28.1. The number of morpholine rings is 1. The van der Waals surface area contributed by atoms with E-state index in [9.17, 15) is 0 Å². The van der Waals surface area contributed by atoms with Crippen LogP contribution in [-0.2, 0) is 4.74 Å².